The standard InChI is InChI=1S/C11H14BrNO/c1-3-7(2)11(14)9-6-8(13)4-5-10(9)12/h4-7H,3,13H2,1-2H3. The number of halogens is 1. The number of anilines is 1. The third-order valence-electron chi connectivity index (χ3n) is 2.32. The highest BCUT2D eigenvalue weighted by molar-refractivity contribution is 9.10. The van der Waals surface area contributed by atoms with Crippen molar-refractivity contribution in [3.63, 3.8) is 0 Å². The lowest BCUT2D eigenvalue weighted by atomic mass is 9.97. The van der Waals surface area contributed by atoms with Crippen LogP contribution < -0.4 is 5.73 Å². The maximum Gasteiger partial charge on any atom is 0.166 e. The molecule has 0 aliphatic carbocycles. The summed E-state index contributed by atoms with van der Waals surface area (Å²) in [5.41, 5.74) is 6.94. The van der Waals surface area contributed by atoms with Gasteiger partial charge in [-0.1, -0.05) is 29.8 Å². The molecule has 1 aromatic rings. The normalized spacial score (nSPS) is 12.5. The fourth-order valence-corrected chi connectivity index (χ4v) is 1.62. The predicted octanol–water partition coefficient (Wildman–Crippen LogP) is 3.26. The lowest BCUT2D eigenvalue weighted by molar-refractivity contribution is 0.0926. The first-order valence-electron chi connectivity index (χ1n) is 4.65. The molecule has 0 aliphatic rings. The van der Waals surface area contributed by atoms with Gasteiger partial charge in [0.15, 0.2) is 5.78 Å². The molecule has 0 amide bonds. The molecule has 14 heavy (non-hydrogen) atoms. The topological polar surface area (TPSA) is 43.1 Å². The SMILES string of the molecule is CCC(C)C(=O)c1cc(N)ccc1Br. The first-order chi connectivity index (χ1) is 6.56. The predicted molar refractivity (Wildman–Crippen MR) is 62.3 cm³/mol. The Labute approximate surface area is 92.6 Å². The Kier molecular flexibility index (Phi) is 3.69. The minimum Gasteiger partial charge on any atom is -0.399 e. The quantitative estimate of drug-likeness (QED) is 0.666. The van der Waals surface area contributed by atoms with E-state index in [0.717, 1.165) is 10.9 Å². The molecular formula is C11H14BrNO. The van der Waals surface area contributed by atoms with Crippen LogP contribution in [0.1, 0.15) is 30.6 Å². The van der Waals surface area contributed by atoms with Gasteiger partial charge in [0.1, 0.15) is 0 Å². The molecule has 0 fully saturated rings. The van der Waals surface area contributed by atoms with Gasteiger partial charge in [-0.2, -0.15) is 0 Å². The zero-order valence-corrected chi connectivity index (χ0v) is 9.97. The first kappa shape index (κ1) is 11.2. The minimum atomic E-state index is 0.0492. The van der Waals surface area contributed by atoms with Gasteiger partial charge in [-0.25, -0.2) is 0 Å². The fourth-order valence-electron chi connectivity index (χ4n) is 1.18. The van der Waals surface area contributed by atoms with E-state index >= 15 is 0 Å². The summed E-state index contributed by atoms with van der Waals surface area (Å²) in [5, 5.41) is 0. The monoisotopic (exact) mass is 255 g/mol. The molecule has 0 spiro atoms. The molecule has 1 atom stereocenters. The Morgan fingerprint density at radius 3 is 2.79 bits per heavy atom. The van der Waals surface area contributed by atoms with E-state index in [2.05, 4.69) is 15.9 Å². The van der Waals surface area contributed by atoms with E-state index in [1.165, 1.54) is 0 Å². The molecule has 1 aromatic carbocycles. The summed E-state index contributed by atoms with van der Waals surface area (Å²) in [7, 11) is 0. The highest BCUT2D eigenvalue weighted by Gasteiger charge is 2.15. The average Bonchev–Trinajstić information content (AvgIpc) is 2.19. The van der Waals surface area contributed by atoms with Crippen molar-refractivity contribution in [2.24, 2.45) is 5.92 Å². The summed E-state index contributed by atoms with van der Waals surface area (Å²) in [6.07, 6.45) is 0.847. The zero-order valence-electron chi connectivity index (χ0n) is 8.38. The lowest BCUT2D eigenvalue weighted by Gasteiger charge is -2.09. The maximum absolute atomic E-state index is 11.9. The van der Waals surface area contributed by atoms with Gasteiger partial charge in [0, 0.05) is 21.6 Å². The molecule has 2 N–H and O–H groups in total. The van der Waals surface area contributed by atoms with Crippen LogP contribution in [0.25, 0.3) is 0 Å². The molecule has 1 rings (SSSR count). The summed E-state index contributed by atoms with van der Waals surface area (Å²) in [6, 6.07) is 5.31. The number of hydrogen-bond donors (Lipinski definition) is 1. The van der Waals surface area contributed by atoms with Crippen LogP contribution in [0.2, 0.25) is 0 Å². The largest absolute Gasteiger partial charge is 0.399 e. The van der Waals surface area contributed by atoms with E-state index in [1.807, 2.05) is 19.9 Å². The fraction of sp³-hybridized carbons (Fsp3) is 0.364. The highest BCUT2D eigenvalue weighted by atomic mass is 79.9. The smallest absolute Gasteiger partial charge is 0.166 e. The molecule has 3 heteroatoms. The number of Topliss-reactive ketones (excluding diaryl/α,β-unsaturated/α-hetero) is 1. The maximum atomic E-state index is 11.9. The van der Waals surface area contributed by atoms with Gasteiger partial charge in [-0.3, -0.25) is 4.79 Å². The first-order valence-corrected chi connectivity index (χ1v) is 5.44. The lowest BCUT2D eigenvalue weighted by Crippen LogP contribution is -2.11. The van der Waals surface area contributed by atoms with Gasteiger partial charge < -0.3 is 5.73 Å². The molecule has 0 saturated heterocycles. The van der Waals surface area contributed by atoms with Crippen molar-refractivity contribution < 1.29 is 4.79 Å². The number of rotatable bonds is 3. The molecule has 0 radical (unpaired) electrons. The van der Waals surface area contributed by atoms with Gasteiger partial charge in [0.2, 0.25) is 0 Å². The Bertz CT molecular complexity index is 349. The van der Waals surface area contributed by atoms with Crippen molar-refractivity contribution >= 4 is 27.4 Å². The van der Waals surface area contributed by atoms with Crippen molar-refractivity contribution in [2.45, 2.75) is 20.3 Å². The van der Waals surface area contributed by atoms with E-state index in [-0.39, 0.29) is 11.7 Å². The summed E-state index contributed by atoms with van der Waals surface area (Å²) < 4.78 is 0.817. The molecule has 0 heterocycles. The average molecular weight is 256 g/mol. The third-order valence-corrected chi connectivity index (χ3v) is 3.01. The number of carbonyl (C=O) groups is 1. The second-order valence-electron chi connectivity index (χ2n) is 3.41. The molecule has 0 saturated carbocycles. The number of carbonyl (C=O) groups excluding carboxylic acids is 1. The Balaban J connectivity index is 3.06. The van der Waals surface area contributed by atoms with Crippen LogP contribution in [0.4, 0.5) is 5.69 Å². The van der Waals surface area contributed by atoms with Crippen LogP contribution in [0.15, 0.2) is 22.7 Å². The highest BCUT2D eigenvalue weighted by Crippen LogP contribution is 2.23. The molecular weight excluding hydrogens is 242 g/mol. The number of nitrogen functional groups attached to an aromatic ring is 1. The second-order valence-corrected chi connectivity index (χ2v) is 4.27. The van der Waals surface area contributed by atoms with Crippen LogP contribution in [0.5, 0.6) is 0 Å². The van der Waals surface area contributed by atoms with E-state index in [4.69, 9.17) is 5.73 Å². The zero-order chi connectivity index (χ0) is 10.7. The van der Waals surface area contributed by atoms with Gasteiger partial charge in [-0.05, 0) is 24.6 Å². The van der Waals surface area contributed by atoms with Gasteiger partial charge in [0.05, 0.1) is 0 Å². The van der Waals surface area contributed by atoms with Crippen LogP contribution >= 0.6 is 15.9 Å². The van der Waals surface area contributed by atoms with Gasteiger partial charge in [0.25, 0.3) is 0 Å². The van der Waals surface area contributed by atoms with Crippen LogP contribution in [-0.2, 0) is 0 Å². The Morgan fingerprint density at radius 2 is 2.21 bits per heavy atom. The number of benzene rings is 1. The summed E-state index contributed by atoms with van der Waals surface area (Å²) in [5.74, 6) is 0.194. The third kappa shape index (κ3) is 2.35. The van der Waals surface area contributed by atoms with Crippen molar-refractivity contribution in [2.75, 3.05) is 5.73 Å². The Hall–Kier alpha value is -0.830. The minimum absolute atomic E-state index is 0.0492. The van der Waals surface area contributed by atoms with Crippen LogP contribution in [-0.4, -0.2) is 5.78 Å². The molecule has 1 unspecified atom stereocenters. The van der Waals surface area contributed by atoms with E-state index in [0.29, 0.717) is 11.3 Å². The van der Waals surface area contributed by atoms with E-state index < -0.39 is 0 Å². The summed E-state index contributed by atoms with van der Waals surface area (Å²) in [4.78, 5) is 11.9. The molecule has 0 bridgehead atoms. The molecule has 2 nitrogen and oxygen atoms in total. The van der Waals surface area contributed by atoms with Crippen molar-refractivity contribution in [3.05, 3.63) is 28.2 Å². The molecule has 76 valence electrons. The second kappa shape index (κ2) is 4.60. The van der Waals surface area contributed by atoms with Crippen LogP contribution in [0, 0.1) is 5.92 Å². The van der Waals surface area contributed by atoms with Crippen LogP contribution in [0.3, 0.4) is 0 Å². The van der Waals surface area contributed by atoms with E-state index in [9.17, 15) is 4.79 Å². The number of nitrogens with two attached hydrogens (primary N) is 1. The van der Waals surface area contributed by atoms with Crippen molar-refractivity contribution in [1.29, 1.82) is 0 Å². The Morgan fingerprint density at radius 1 is 1.57 bits per heavy atom. The summed E-state index contributed by atoms with van der Waals surface area (Å²) >= 11 is 3.35. The summed E-state index contributed by atoms with van der Waals surface area (Å²) in [6.45, 7) is 3.93. The van der Waals surface area contributed by atoms with Crippen molar-refractivity contribution in [1.82, 2.24) is 0 Å². The van der Waals surface area contributed by atoms with Crippen molar-refractivity contribution in [3.8, 4) is 0 Å². The van der Waals surface area contributed by atoms with Gasteiger partial charge in [-0.15, -0.1) is 0 Å². The number of ketones is 1. The van der Waals surface area contributed by atoms with E-state index in [1.54, 1.807) is 12.1 Å². The molecule has 0 aliphatic heterocycles. The van der Waals surface area contributed by atoms with Gasteiger partial charge >= 0.3 is 0 Å². The number of hydrogen-bond acceptors (Lipinski definition) is 2. The molecule has 0 aromatic heterocycles.